The zero-order valence-electron chi connectivity index (χ0n) is 9.06. The lowest BCUT2D eigenvalue weighted by Crippen LogP contribution is -2.20. The fourth-order valence-corrected chi connectivity index (χ4v) is 1.18. The van der Waals surface area contributed by atoms with Crippen molar-refractivity contribution < 1.29 is 17.9 Å². The van der Waals surface area contributed by atoms with Gasteiger partial charge in [-0.3, -0.25) is 4.98 Å². The van der Waals surface area contributed by atoms with Gasteiger partial charge in [-0.25, -0.2) is 0 Å². The van der Waals surface area contributed by atoms with Crippen molar-refractivity contribution in [1.82, 2.24) is 10.3 Å². The van der Waals surface area contributed by atoms with Crippen LogP contribution in [0.3, 0.4) is 0 Å². The van der Waals surface area contributed by atoms with Crippen molar-refractivity contribution >= 4 is 0 Å². The van der Waals surface area contributed by atoms with Crippen molar-refractivity contribution in [3.05, 3.63) is 23.5 Å². The highest BCUT2D eigenvalue weighted by Gasteiger charge is 2.28. The summed E-state index contributed by atoms with van der Waals surface area (Å²) in [6.07, 6.45) is -4.33. The van der Waals surface area contributed by atoms with E-state index in [1.807, 2.05) is 0 Å². The molecule has 1 rings (SSSR count). The predicted molar refractivity (Wildman–Crippen MR) is 53.3 cm³/mol. The monoisotopic (exact) mass is 234 g/mol. The van der Waals surface area contributed by atoms with Crippen LogP contribution in [0.4, 0.5) is 13.2 Å². The summed E-state index contributed by atoms with van der Waals surface area (Å²) in [6, 6.07) is 3.12. The molecule has 0 spiro atoms. The smallest absolute Gasteiger partial charge is 0.422 e. The summed E-state index contributed by atoms with van der Waals surface area (Å²) >= 11 is 0. The number of rotatable bonds is 4. The summed E-state index contributed by atoms with van der Waals surface area (Å²) < 4.78 is 40.6. The molecule has 16 heavy (non-hydrogen) atoms. The van der Waals surface area contributed by atoms with E-state index in [-0.39, 0.29) is 5.75 Å². The van der Waals surface area contributed by atoms with Gasteiger partial charge in [0.05, 0.1) is 5.69 Å². The fourth-order valence-electron chi connectivity index (χ4n) is 1.18. The number of aromatic nitrogens is 1. The predicted octanol–water partition coefficient (Wildman–Crippen LogP) is 2.05. The molecule has 0 aromatic carbocycles. The number of nitrogens with zero attached hydrogens (tertiary/aromatic N) is 1. The minimum Gasteiger partial charge on any atom is -0.482 e. The highest BCUT2D eigenvalue weighted by Crippen LogP contribution is 2.21. The number of nitrogens with one attached hydrogen (secondary N) is 1. The summed E-state index contributed by atoms with van der Waals surface area (Å²) in [6.45, 7) is 0.843. The first-order valence-corrected chi connectivity index (χ1v) is 4.73. The van der Waals surface area contributed by atoms with Gasteiger partial charge in [0, 0.05) is 12.2 Å². The Hall–Kier alpha value is -1.30. The Morgan fingerprint density at radius 1 is 1.38 bits per heavy atom. The van der Waals surface area contributed by atoms with E-state index in [4.69, 9.17) is 0 Å². The van der Waals surface area contributed by atoms with E-state index in [2.05, 4.69) is 15.0 Å². The van der Waals surface area contributed by atoms with Gasteiger partial charge in [0.25, 0.3) is 0 Å². The minimum atomic E-state index is -4.33. The summed E-state index contributed by atoms with van der Waals surface area (Å²) in [4.78, 5) is 4.11. The molecule has 0 fully saturated rings. The number of halogens is 3. The van der Waals surface area contributed by atoms with Crippen LogP contribution < -0.4 is 10.1 Å². The van der Waals surface area contributed by atoms with E-state index >= 15 is 0 Å². The number of ether oxygens (including phenoxy) is 1. The average Bonchev–Trinajstić information content (AvgIpc) is 2.15. The first kappa shape index (κ1) is 12.8. The first-order chi connectivity index (χ1) is 7.42. The molecule has 0 bridgehead atoms. The van der Waals surface area contributed by atoms with E-state index in [1.165, 1.54) is 6.07 Å². The van der Waals surface area contributed by atoms with Crippen molar-refractivity contribution in [3.63, 3.8) is 0 Å². The van der Waals surface area contributed by atoms with Gasteiger partial charge >= 0.3 is 6.18 Å². The number of pyridine rings is 1. The molecule has 0 atom stereocenters. The highest BCUT2D eigenvalue weighted by molar-refractivity contribution is 5.29. The number of hydrogen-bond acceptors (Lipinski definition) is 3. The van der Waals surface area contributed by atoms with Crippen LogP contribution in [0.25, 0.3) is 0 Å². The summed E-state index contributed by atoms with van der Waals surface area (Å²) in [5, 5.41) is 2.83. The summed E-state index contributed by atoms with van der Waals surface area (Å²) in [5.74, 6) is 0.164. The number of aryl methyl sites for hydroxylation is 1. The molecule has 90 valence electrons. The van der Waals surface area contributed by atoms with Crippen molar-refractivity contribution in [2.45, 2.75) is 19.6 Å². The molecule has 0 aliphatic heterocycles. The van der Waals surface area contributed by atoms with Gasteiger partial charge in [-0.05, 0) is 26.1 Å². The fraction of sp³-hybridized carbons (Fsp3) is 0.500. The number of hydrogen-bond donors (Lipinski definition) is 1. The van der Waals surface area contributed by atoms with Crippen molar-refractivity contribution in [2.75, 3.05) is 13.7 Å². The molecule has 0 saturated heterocycles. The molecule has 0 radical (unpaired) electrons. The molecule has 0 unspecified atom stereocenters. The molecule has 3 nitrogen and oxygen atoms in total. The van der Waals surface area contributed by atoms with Crippen LogP contribution in [0.1, 0.15) is 11.4 Å². The van der Waals surface area contributed by atoms with Gasteiger partial charge in [-0.2, -0.15) is 13.2 Å². The molecule has 1 aromatic heterocycles. The third-order valence-corrected chi connectivity index (χ3v) is 1.81. The quantitative estimate of drug-likeness (QED) is 0.865. The van der Waals surface area contributed by atoms with Crippen LogP contribution in [-0.4, -0.2) is 24.8 Å². The summed E-state index contributed by atoms with van der Waals surface area (Å²) in [7, 11) is 1.69. The molecule has 1 heterocycles. The molecule has 0 amide bonds. The van der Waals surface area contributed by atoms with Crippen molar-refractivity contribution in [1.29, 1.82) is 0 Å². The standard InChI is InChI=1S/C10H13F3N2O/c1-7-3-4-9(8(15-7)5-14-2)16-6-10(11,12)13/h3-4,14H,5-6H2,1-2H3. The van der Waals surface area contributed by atoms with E-state index in [9.17, 15) is 13.2 Å². The maximum Gasteiger partial charge on any atom is 0.422 e. The Bertz CT molecular complexity index is 352. The third kappa shape index (κ3) is 4.06. The van der Waals surface area contributed by atoms with Gasteiger partial charge in [0.15, 0.2) is 6.61 Å². The molecule has 6 heteroatoms. The molecule has 0 aliphatic carbocycles. The normalized spacial score (nSPS) is 11.6. The second-order valence-corrected chi connectivity index (χ2v) is 3.33. The Balaban J connectivity index is 2.78. The van der Waals surface area contributed by atoms with Gasteiger partial charge in [0.1, 0.15) is 5.75 Å². The lowest BCUT2D eigenvalue weighted by atomic mass is 10.3. The van der Waals surface area contributed by atoms with E-state index in [1.54, 1.807) is 20.0 Å². The zero-order valence-corrected chi connectivity index (χ0v) is 9.06. The molecule has 0 saturated carbocycles. The molecule has 1 N–H and O–H groups in total. The second kappa shape index (κ2) is 5.16. The Morgan fingerprint density at radius 2 is 2.06 bits per heavy atom. The molecule has 1 aromatic rings. The second-order valence-electron chi connectivity index (χ2n) is 3.33. The van der Waals surface area contributed by atoms with Gasteiger partial charge in [-0.1, -0.05) is 0 Å². The van der Waals surface area contributed by atoms with Crippen LogP contribution in [0.5, 0.6) is 5.75 Å². The molecular weight excluding hydrogens is 221 g/mol. The maximum absolute atomic E-state index is 12.0. The summed E-state index contributed by atoms with van der Waals surface area (Å²) in [5.41, 5.74) is 1.22. The van der Waals surface area contributed by atoms with Crippen LogP contribution in [0, 0.1) is 6.92 Å². The van der Waals surface area contributed by atoms with Crippen molar-refractivity contribution in [2.24, 2.45) is 0 Å². The lowest BCUT2D eigenvalue weighted by Gasteiger charge is -2.12. The minimum absolute atomic E-state index is 0.164. The van der Waals surface area contributed by atoms with Gasteiger partial charge in [0.2, 0.25) is 0 Å². The highest BCUT2D eigenvalue weighted by atomic mass is 19.4. The van der Waals surface area contributed by atoms with Crippen LogP contribution in [0.2, 0.25) is 0 Å². The van der Waals surface area contributed by atoms with Crippen LogP contribution in [0.15, 0.2) is 12.1 Å². The Kier molecular flexibility index (Phi) is 4.12. The SMILES string of the molecule is CNCc1nc(C)ccc1OCC(F)(F)F. The largest absolute Gasteiger partial charge is 0.482 e. The maximum atomic E-state index is 12.0. The van der Waals surface area contributed by atoms with Gasteiger partial charge in [-0.15, -0.1) is 0 Å². The molecule has 0 aliphatic rings. The van der Waals surface area contributed by atoms with E-state index in [0.717, 1.165) is 5.69 Å². The van der Waals surface area contributed by atoms with Gasteiger partial charge < -0.3 is 10.1 Å². The van der Waals surface area contributed by atoms with Crippen LogP contribution >= 0.6 is 0 Å². The van der Waals surface area contributed by atoms with Crippen LogP contribution in [-0.2, 0) is 6.54 Å². The lowest BCUT2D eigenvalue weighted by molar-refractivity contribution is -0.153. The Morgan fingerprint density at radius 3 is 2.62 bits per heavy atom. The third-order valence-electron chi connectivity index (χ3n) is 1.81. The van der Waals surface area contributed by atoms with E-state index < -0.39 is 12.8 Å². The zero-order chi connectivity index (χ0) is 12.2. The Labute approximate surface area is 91.6 Å². The van der Waals surface area contributed by atoms with Crippen molar-refractivity contribution in [3.8, 4) is 5.75 Å². The average molecular weight is 234 g/mol. The number of alkyl halides is 3. The topological polar surface area (TPSA) is 34.2 Å². The van der Waals surface area contributed by atoms with E-state index in [0.29, 0.717) is 12.2 Å². The first-order valence-electron chi connectivity index (χ1n) is 4.73. The molecular formula is C10H13F3N2O.